The van der Waals surface area contributed by atoms with Gasteiger partial charge in [0.2, 0.25) is 10.0 Å². The maximum Gasteiger partial charge on any atom is 0.253 e. The lowest BCUT2D eigenvalue weighted by Crippen LogP contribution is -2.48. The minimum Gasteiger partial charge on any atom is -0.345 e. The van der Waals surface area contributed by atoms with Crippen molar-refractivity contribution in [2.24, 2.45) is 7.05 Å². The molecule has 1 saturated heterocycles. The van der Waals surface area contributed by atoms with Crippen molar-refractivity contribution in [1.29, 1.82) is 0 Å². The van der Waals surface area contributed by atoms with E-state index < -0.39 is 15.8 Å². The third-order valence-corrected chi connectivity index (χ3v) is 7.69. The van der Waals surface area contributed by atoms with E-state index in [-0.39, 0.29) is 10.8 Å². The van der Waals surface area contributed by atoms with Gasteiger partial charge in [-0.2, -0.15) is 4.31 Å². The van der Waals surface area contributed by atoms with E-state index in [0.717, 1.165) is 29.0 Å². The minimum absolute atomic E-state index is 0.0717. The molecule has 170 valence electrons. The Labute approximate surface area is 186 Å². The van der Waals surface area contributed by atoms with Gasteiger partial charge in [-0.15, -0.1) is 0 Å². The van der Waals surface area contributed by atoms with Gasteiger partial charge in [0.1, 0.15) is 11.6 Å². The first kappa shape index (κ1) is 22.4. The lowest BCUT2D eigenvalue weighted by molar-refractivity contribution is 0.0827. The highest BCUT2D eigenvalue weighted by Gasteiger charge is 2.29. The van der Waals surface area contributed by atoms with Gasteiger partial charge >= 0.3 is 0 Å². The molecule has 0 unspecified atom stereocenters. The molecule has 1 aliphatic rings. The first-order valence-electron chi connectivity index (χ1n) is 10.3. The van der Waals surface area contributed by atoms with Gasteiger partial charge in [-0.1, -0.05) is 0 Å². The summed E-state index contributed by atoms with van der Waals surface area (Å²) >= 11 is 0. The van der Waals surface area contributed by atoms with E-state index in [1.807, 2.05) is 17.7 Å². The summed E-state index contributed by atoms with van der Waals surface area (Å²) in [6.07, 6.45) is 0. The highest BCUT2D eigenvalue weighted by molar-refractivity contribution is 7.89. The SMILES string of the molecule is CN(C)C(=O)c1ccc2c(c1)nc(CN1CCN(S(=O)(=O)c3ccc(F)cc3)CC1)n2C. The molecule has 0 atom stereocenters. The van der Waals surface area contributed by atoms with Gasteiger partial charge in [0.15, 0.2) is 0 Å². The van der Waals surface area contributed by atoms with Gasteiger partial charge < -0.3 is 9.47 Å². The number of halogens is 1. The van der Waals surface area contributed by atoms with Crippen molar-refractivity contribution in [3.63, 3.8) is 0 Å². The Hall–Kier alpha value is -2.82. The maximum absolute atomic E-state index is 13.1. The summed E-state index contributed by atoms with van der Waals surface area (Å²) in [5.41, 5.74) is 2.28. The average Bonchev–Trinajstić information content (AvgIpc) is 3.08. The summed E-state index contributed by atoms with van der Waals surface area (Å²) < 4.78 is 42.2. The number of carbonyl (C=O) groups is 1. The summed E-state index contributed by atoms with van der Waals surface area (Å²) in [6, 6.07) is 10.4. The van der Waals surface area contributed by atoms with E-state index in [1.54, 1.807) is 26.2 Å². The van der Waals surface area contributed by atoms with E-state index >= 15 is 0 Å². The average molecular weight is 460 g/mol. The molecule has 0 spiro atoms. The smallest absolute Gasteiger partial charge is 0.253 e. The van der Waals surface area contributed by atoms with Crippen molar-refractivity contribution < 1.29 is 17.6 Å². The highest BCUT2D eigenvalue weighted by atomic mass is 32.2. The minimum atomic E-state index is -3.64. The molecular weight excluding hydrogens is 433 g/mol. The van der Waals surface area contributed by atoms with Crippen LogP contribution in [0.25, 0.3) is 11.0 Å². The number of aromatic nitrogens is 2. The van der Waals surface area contributed by atoms with E-state index in [1.165, 1.54) is 21.3 Å². The molecule has 3 aromatic rings. The Balaban J connectivity index is 1.45. The summed E-state index contributed by atoms with van der Waals surface area (Å²) in [5, 5.41) is 0. The molecule has 1 amide bonds. The zero-order valence-electron chi connectivity index (χ0n) is 18.3. The fourth-order valence-corrected chi connectivity index (χ4v) is 5.29. The van der Waals surface area contributed by atoms with Gasteiger partial charge in [0.25, 0.3) is 5.91 Å². The van der Waals surface area contributed by atoms with Crippen LogP contribution in [-0.4, -0.2) is 78.3 Å². The third kappa shape index (κ3) is 4.25. The number of hydrogen-bond donors (Lipinski definition) is 0. The van der Waals surface area contributed by atoms with Crippen LogP contribution < -0.4 is 0 Å². The summed E-state index contributed by atoms with van der Waals surface area (Å²) in [6.45, 7) is 2.41. The number of rotatable bonds is 5. The van der Waals surface area contributed by atoms with Crippen LogP contribution in [0.3, 0.4) is 0 Å². The quantitative estimate of drug-likeness (QED) is 0.583. The Kier molecular flexibility index (Phi) is 6.02. The molecule has 10 heteroatoms. The van der Waals surface area contributed by atoms with E-state index in [2.05, 4.69) is 4.90 Å². The Morgan fingerprint density at radius 1 is 1.06 bits per heavy atom. The number of benzene rings is 2. The Bertz CT molecular complexity index is 1250. The fraction of sp³-hybridized carbons (Fsp3) is 0.364. The molecule has 2 heterocycles. The molecule has 1 aromatic heterocycles. The van der Waals surface area contributed by atoms with Crippen LogP contribution in [0.5, 0.6) is 0 Å². The zero-order valence-corrected chi connectivity index (χ0v) is 19.1. The van der Waals surface area contributed by atoms with Crippen molar-refractivity contribution in [3.8, 4) is 0 Å². The maximum atomic E-state index is 13.1. The molecule has 0 N–H and O–H groups in total. The van der Waals surface area contributed by atoms with Crippen LogP contribution in [0.15, 0.2) is 47.4 Å². The molecule has 0 bridgehead atoms. The lowest BCUT2D eigenvalue weighted by Gasteiger charge is -2.33. The first-order chi connectivity index (χ1) is 15.2. The van der Waals surface area contributed by atoms with Crippen molar-refractivity contribution >= 4 is 27.0 Å². The number of sulfonamides is 1. The van der Waals surface area contributed by atoms with Crippen molar-refractivity contribution in [2.75, 3.05) is 40.3 Å². The number of piperazine rings is 1. The number of nitrogens with zero attached hydrogens (tertiary/aromatic N) is 5. The van der Waals surface area contributed by atoms with Gasteiger partial charge in [0.05, 0.1) is 22.5 Å². The second kappa shape index (κ2) is 8.61. The molecular formula is C22H26FN5O3S. The second-order valence-corrected chi connectivity index (χ2v) is 10.1. The largest absolute Gasteiger partial charge is 0.345 e. The second-order valence-electron chi connectivity index (χ2n) is 8.12. The molecule has 0 aliphatic carbocycles. The number of carbonyl (C=O) groups excluding carboxylic acids is 1. The van der Waals surface area contributed by atoms with Crippen LogP contribution in [0.4, 0.5) is 4.39 Å². The number of imidazole rings is 1. The Morgan fingerprint density at radius 2 is 1.72 bits per heavy atom. The molecule has 32 heavy (non-hydrogen) atoms. The number of aryl methyl sites for hydroxylation is 1. The first-order valence-corrected chi connectivity index (χ1v) is 11.8. The standard InChI is InChI=1S/C22H26FN5O3S/c1-25(2)22(29)16-4-9-20-19(14-16)24-21(26(20)3)15-27-10-12-28(13-11-27)32(30,31)18-7-5-17(23)6-8-18/h4-9,14H,10-13,15H2,1-3H3. The molecule has 0 radical (unpaired) electrons. The molecule has 2 aromatic carbocycles. The Morgan fingerprint density at radius 3 is 2.34 bits per heavy atom. The molecule has 1 aliphatic heterocycles. The number of amides is 1. The summed E-state index contributed by atoms with van der Waals surface area (Å²) in [4.78, 5) is 20.7. The highest BCUT2D eigenvalue weighted by Crippen LogP contribution is 2.21. The van der Waals surface area contributed by atoms with Crippen LogP contribution in [0.2, 0.25) is 0 Å². The number of hydrogen-bond acceptors (Lipinski definition) is 5. The van der Waals surface area contributed by atoms with E-state index in [9.17, 15) is 17.6 Å². The van der Waals surface area contributed by atoms with E-state index in [0.29, 0.717) is 38.3 Å². The third-order valence-electron chi connectivity index (χ3n) is 5.77. The van der Waals surface area contributed by atoms with Gasteiger partial charge in [-0.3, -0.25) is 9.69 Å². The lowest BCUT2D eigenvalue weighted by atomic mass is 10.2. The number of fused-ring (bicyclic) bond motifs is 1. The predicted molar refractivity (Wildman–Crippen MR) is 119 cm³/mol. The van der Waals surface area contributed by atoms with Crippen molar-refractivity contribution in [2.45, 2.75) is 11.4 Å². The predicted octanol–water partition coefficient (Wildman–Crippen LogP) is 1.92. The van der Waals surface area contributed by atoms with Crippen LogP contribution >= 0.6 is 0 Å². The summed E-state index contributed by atoms with van der Waals surface area (Å²) in [5.74, 6) is 0.316. The van der Waals surface area contributed by atoms with Gasteiger partial charge in [-0.05, 0) is 42.5 Å². The van der Waals surface area contributed by atoms with Crippen LogP contribution in [0, 0.1) is 5.82 Å². The molecule has 8 nitrogen and oxygen atoms in total. The zero-order chi connectivity index (χ0) is 23.0. The fourth-order valence-electron chi connectivity index (χ4n) is 3.87. The van der Waals surface area contributed by atoms with Crippen molar-refractivity contribution in [3.05, 3.63) is 59.7 Å². The van der Waals surface area contributed by atoms with E-state index in [4.69, 9.17) is 4.98 Å². The van der Waals surface area contributed by atoms with Crippen LogP contribution in [-0.2, 0) is 23.6 Å². The normalized spacial score (nSPS) is 15.9. The monoisotopic (exact) mass is 459 g/mol. The topological polar surface area (TPSA) is 78.8 Å². The summed E-state index contributed by atoms with van der Waals surface area (Å²) in [7, 11) is 1.73. The molecule has 1 fully saturated rings. The van der Waals surface area contributed by atoms with Gasteiger partial charge in [0, 0.05) is 52.9 Å². The molecule has 0 saturated carbocycles. The van der Waals surface area contributed by atoms with Crippen molar-refractivity contribution in [1.82, 2.24) is 23.7 Å². The van der Waals surface area contributed by atoms with Crippen LogP contribution in [0.1, 0.15) is 16.2 Å². The van der Waals surface area contributed by atoms with Gasteiger partial charge in [-0.25, -0.2) is 17.8 Å². The molecule has 4 rings (SSSR count).